The fraction of sp³-hybridized carbons (Fsp3) is 0.625. The standard InChI is InChI=1S/C16H22N4S/c1-2-19-10-4-7-13(19)16-18-12-6-3-9-17-15(12)20(16)14-8-5-11-21-14/h3,6,9,13-14H,2,4-5,7-8,10-11H2,1H3. The van der Waals surface area contributed by atoms with Gasteiger partial charge in [-0.1, -0.05) is 6.92 Å². The Hall–Kier alpha value is -1.07. The Morgan fingerprint density at radius 3 is 3.10 bits per heavy atom. The van der Waals surface area contributed by atoms with Crippen LogP contribution in [0.5, 0.6) is 0 Å². The molecule has 2 atom stereocenters. The van der Waals surface area contributed by atoms with Gasteiger partial charge in [0.2, 0.25) is 0 Å². The lowest BCUT2D eigenvalue weighted by Gasteiger charge is -2.25. The topological polar surface area (TPSA) is 34.0 Å². The molecule has 5 heteroatoms. The molecule has 0 bridgehead atoms. The second kappa shape index (κ2) is 5.61. The van der Waals surface area contributed by atoms with E-state index in [-0.39, 0.29) is 0 Å². The van der Waals surface area contributed by atoms with E-state index < -0.39 is 0 Å². The zero-order chi connectivity index (χ0) is 14.2. The zero-order valence-corrected chi connectivity index (χ0v) is 13.4. The summed E-state index contributed by atoms with van der Waals surface area (Å²) in [7, 11) is 0. The molecule has 2 aliphatic heterocycles. The first-order valence-electron chi connectivity index (χ1n) is 8.07. The van der Waals surface area contributed by atoms with Crippen molar-refractivity contribution >= 4 is 22.9 Å². The molecular formula is C16H22N4S. The summed E-state index contributed by atoms with van der Waals surface area (Å²) in [5.41, 5.74) is 2.14. The molecule has 4 nitrogen and oxygen atoms in total. The molecule has 2 fully saturated rings. The van der Waals surface area contributed by atoms with Crippen LogP contribution in [0, 0.1) is 0 Å². The Bertz CT molecular complexity index is 632. The van der Waals surface area contributed by atoms with Gasteiger partial charge in [0.15, 0.2) is 5.65 Å². The monoisotopic (exact) mass is 302 g/mol. The highest BCUT2D eigenvalue weighted by atomic mass is 32.2. The highest BCUT2D eigenvalue weighted by Crippen LogP contribution is 2.41. The normalized spacial score (nSPS) is 26.9. The van der Waals surface area contributed by atoms with Gasteiger partial charge >= 0.3 is 0 Å². The summed E-state index contributed by atoms with van der Waals surface area (Å²) in [6.07, 6.45) is 6.97. The lowest BCUT2D eigenvalue weighted by Crippen LogP contribution is -2.25. The average Bonchev–Trinajstić information content (AvgIpc) is 3.24. The van der Waals surface area contributed by atoms with Gasteiger partial charge in [0.25, 0.3) is 0 Å². The number of aromatic nitrogens is 3. The Labute approximate surface area is 129 Å². The van der Waals surface area contributed by atoms with Crippen LogP contribution >= 0.6 is 11.8 Å². The van der Waals surface area contributed by atoms with Crippen LogP contribution in [0.1, 0.15) is 49.8 Å². The van der Waals surface area contributed by atoms with Crippen LogP contribution in [0.4, 0.5) is 0 Å². The first-order chi connectivity index (χ1) is 10.4. The maximum atomic E-state index is 4.98. The Kier molecular flexibility index (Phi) is 3.63. The summed E-state index contributed by atoms with van der Waals surface area (Å²) < 4.78 is 2.45. The van der Waals surface area contributed by atoms with Gasteiger partial charge in [-0.25, -0.2) is 9.97 Å². The fourth-order valence-electron chi connectivity index (χ4n) is 3.73. The van der Waals surface area contributed by atoms with Crippen LogP contribution in [0.3, 0.4) is 0 Å². The van der Waals surface area contributed by atoms with Crippen molar-refractivity contribution in [1.29, 1.82) is 0 Å². The van der Waals surface area contributed by atoms with Gasteiger partial charge in [-0.05, 0) is 56.7 Å². The highest BCUT2D eigenvalue weighted by Gasteiger charge is 2.32. The summed E-state index contributed by atoms with van der Waals surface area (Å²) >= 11 is 2.06. The van der Waals surface area contributed by atoms with Crippen LogP contribution < -0.4 is 0 Å². The largest absolute Gasteiger partial charge is 0.299 e. The molecule has 4 heterocycles. The lowest BCUT2D eigenvalue weighted by atomic mass is 10.2. The van der Waals surface area contributed by atoms with E-state index in [2.05, 4.69) is 39.2 Å². The smallest absolute Gasteiger partial charge is 0.161 e. The maximum Gasteiger partial charge on any atom is 0.161 e. The van der Waals surface area contributed by atoms with E-state index >= 15 is 0 Å². The molecule has 2 aromatic heterocycles. The maximum absolute atomic E-state index is 4.98. The third-order valence-electron chi connectivity index (χ3n) is 4.74. The number of fused-ring (bicyclic) bond motifs is 1. The van der Waals surface area contributed by atoms with E-state index in [9.17, 15) is 0 Å². The number of thioether (sulfide) groups is 1. The molecule has 2 saturated heterocycles. The quantitative estimate of drug-likeness (QED) is 0.867. The van der Waals surface area contributed by atoms with Gasteiger partial charge in [0.1, 0.15) is 11.3 Å². The number of likely N-dealkylation sites (tertiary alicyclic amines) is 1. The second-order valence-electron chi connectivity index (χ2n) is 5.94. The van der Waals surface area contributed by atoms with Gasteiger partial charge in [-0.15, -0.1) is 11.8 Å². The molecule has 0 spiro atoms. The second-order valence-corrected chi connectivity index (χ2v) is 7.23. The van der Waals surface area contributed by atoms with Crippen molar-refractivity contribution in [2.24, 2.45) is 0 Å². The van der Waals surface area contributed by atoms with Crippen molar-refractivity contribution in [3.8, 4) is 0 Å². The Balaban J connectivity index is 1.85. The molecule has 0 amide bonds. The van der Waals surface area contributed by atoms with Gasteiger partial charge < -0.3 is 0 Å². The fourth-order valence-corrected chi connectivity index (χ4v) is 5.02. The summed E-state index contributed by atoms with van der Waals surface area (Å²) in [5.74, 6) is 2.51. The first-order valence-corrected chi connectivity index (χ1v) is 9.12. The SMILES string of the molecule is CCN1CCCC1c1nc2cccnc2n1C1CCCS1. The van der Waals surface area contributed by atoms with Crippen molar-refractivity contribution in [3.63, 3.8) is 0 Å². The molecule has 0 aromatic carbocycles. The molecule has 2 aromatic rings. The first kappa shape index (κ1) is 13.6. The van der Waals surface area contributed by atoms with E-state index in [1.165, 1.54) is 43.8 Å². The number of hydrogen-bond donors (Lipinski definition) is 0. The van der Waals surface area contributed by atoms with E-state index in [0.717, 1.165) is 17.7 Å². The van der Waals surface area contributed by atoms with Gasteiger partial charge in [0.05, 0.1) is 11.4 Å². The third-order valence-corrected chi connectivity index (χ3v) is 6.09. The molecule has 4 rings (SSSR count). The predicted molar refractivity (Wildman–Crippen MR) is 87.5 cm³/mol. The Morgan fingerprint density at radius 1 is 1.33 bits per heavy atom. The molecule has 0 radical (unpaired) electrons. The predicted octanol–water partition coefficient (Wildman–Crippen LogP) is 3.61. The van der Waals surface area contributed by atoms with E-state index in [1.54, 1.807) is 0 Å². The van der Waals surface area contributed by atoms with Gasteiger partial charge in [0, 0.05) is 6.20 Å². The number of imidazole rings is 1. The number of hydrogen-bond acceptors (Lipinski definition) is 4. The van der Waals surface area contributed by atoms with Crippen molar-refractivity contribution < 1.29 is 0 Å². The van der Waals surface area contributed by atoms with Gasteiger partial charge in [-0.3, -0.25) is 9.47 Å². The summed E-state index contributed by atoms with van der Waals surface area (Å²) in [6, 6.07) is 4.58. The molecule has 2 aliphatic rings. The molecule has 0 aliphatic carbocycles. The molecule has 0 N–H and O–H groups in total. The van der Waals surface area contributed by atoms with Crippen LogP contribution in [0.2, 0.25) is 0 Å². The highest BCUT2D eigenvalue weighted by molar-refractivity contribution is 7.99. The molecule has 21 heavy (non-hydrogen) atoms. The van der Waals surface area contributed by atoms with Crippen molar-refractivity contribution in [2.75, 3.05) is 18.8 Å². The molecule has 0 saturated carbocycles. The van der Waals surface area contributed by atoms with Crippen LogP contribution in [-0.2, 0) is 0 Å². The van der Waals surface area contributed by atoms with E-state index in [0.29, 0.717) is 11.4 Å². The minimum Gasteiger partial charge on any atom is -0.299 e. The minimum absolute atomic E-state index is 0.477. The van der Waals surface area contributed by atoms with Crippen molar-refractivity contribution in [1.82, 2.24) is 19.4 Å². The van der Waals surface area contributed by atoms with E-state index in [1.807, 2.05) is 12.3 Å². The molecular weight excluding hydrogens is 280 g/mol. The minimum atomic E-state index is 0.477. The average molecular weight is 302 g/mol. The van der Waals surface area contributed by atoms with Crippen LogP contribution in [0.15, 0.2) is 18.3 Å². The van der Waals surface area contributed by atoms with Gasteiger partial charge in [-0.2, -0.15) is 0 Å². The summed E-state index contributed by atoms with van der Waals surface area (Å²) in [5, 5.41) is 0.527. The number of pyridine rings is 1. The number of rotatable bonds is 3. The summed E-state index contributed by atoms with van der Waals surface area (Å²) in [4.78, 5) is 12.2. The van der Waals surface area contributed by atoms with Crippen LogP contribution in [0.25, 0.3) is 11.2 Å². The zero-order valence-electron chi connectivity index (χ0n) is 12.5. The van der Waals surface area contributed by atoms with Crippen molar-refractivity contribution in [2.45, 2.75) is 44.0 Å². The molecule has 112 valence electrons. The number of nitrogens with zero attached hydrogens (tertiary/aromatic N) is 4. The lowest BCUT2D eigenvalue weighted by molar-refractivity contribution is 0.256. The third kappa shape index (κ3) is 2.27. The Morgan fingerprint density at radius 2 is 2.29 bits per heavy atom. The van der Waals surface area contributed by atoms with E-state index in [4.69, 9.17) is 4.98 Å². The summed E-state index contributed by atoms with van der Waals surface area (Å²) in [6.45, 7) is 4.57. The van der Waals surface area contributed by atoms with Crippen molar-refractivity contribution in [3.05, 3.63) is 24.2 Å². The molecule has 2 unspecified atom stereocenters. The van der Waals surface area contributed by atoms with Crippen LogP contribution in [-0.4, -0.2) is 38.3 Å².